The molecule has 0 radical (unpaired) electrons. The van der Waals surface area contributed by atoms with E-state index in [4.69, 9.17) is 5.73 Å². The van der Waals surface area contributed by atoms with Gasteiger partial charge in [-0.1, -0.05) is 23.1 Å². The number of nitrogens with zero attached hydrogens (tertiary/aromatic N) is 3. The van der Waals surface area contributed by atoms with Gasteiger partial charge in [-0.3, -0.25) is 4.79 Å². The van der Waals surface area contributed by atoms with Gasteiger partial charge in [0.2, 0.25) is 5.13 Å². The summed E-state index contributed by atoms with van der Waals surface area (Å²) in [6.07, 6.45) is 0. The van der Waals surface area contributed by atoms with Crippen LogP contribution in [-0.2, 0) is 9.53 Å². The van der Waals surface area contributed by atoms with Gasteiger partial charge in [0.25, 0.3) is 0 Å². The van der Waals surface area contributed by atoms with Crippen LogP contribution in [0.5, 0.6) is 0 Å². The minimum atomic E-state index is -1.01. The number of carbonyl (C=O) groups excluding carboxylic acids is 1. The molecule has 17 heavy (non-hydrogen) atoms. The zero-order valence-corrected chi connectivity index (χ0v) is 11.9. The number of esters is 1. The zero-order chi connectivity index (χ0) is 13.1. The van der Waals surface area contributed by atoms with Crippen LogP contribution in [0.15, 0.2) is 4.34 Å². The van der Waals surface area contributed by atoms with Crippen LogP contribution in [-0.4, -0.2) is 48.7 Å². The van der Waals surface area contributed by atoms with E-state index in [0.29, 0.717) is 5.75 Å². The average molecular weight is 276 g/mol. The van der Waals surface area contributed by atoms with Gasteiger partial charge in [-0.25, -0.2) is 0 Å². The number of hydrogen-bond donors (Lipinski definition) is 1. The molecule has 96 valence electrons. The number of nitrogens with two attached hydrogens (primary N) is 1. The zero-order valence-electron chi connectivity index (χ0n) is 10.3. The SMILES string of the molecule is COC(=O)C(C)(N)CSc1nnc(N(C)C)s1. The van der Waals surface area contributed by atoms with Crippen LogP contribution >= 0.6 is 23.1 Å². The summed E-state index contributed by atoms with van der Waals surface area (Å²) in [6.45, 7) is 1.64. The molecule has 0 fully saturated rings. The summed E-state index contributed by atoms with van der Waals surface area (Å²) < 4.78 is 5.42. The van der Waals surface area contributed by atoms with E-state index in [-0.39, 0.29) is 0 Å². The third-order valence-corrected chi connectivity index (χ3v) is 4.49. The van der Waals surface area contributed by atoms with Crippen LogP contribution in [0.25, 0.3) is 0 Å². The van der Waals surface area contributed by atoms with Gasteiger partial charge in [0.1, 0.15) is 5.54 Å². The predicted octanol–water partition coefficient (Wildman–Crippen LogP) is 0.587. The molecule has 1 atom stereocenters. The molecular weight excluding hydrogens is 260 g/mol. The number of methoxy groups -OCH3 is 1. The molecule has 0 amide bonds. The van der Waals surface area contributed by atoms with Gasteiger partial charge in [-0.15, -0.1) is 10.2 Å². The van der Waals surface area contributed by atoms with Gasteiger partial charge in [0.05, 0.1) is 7.11 Å². The fourth-order valence-electron chi connectivity index (χ4n) is 0.945. The molecule has 0 saturated carbocycles. The van der Waals surface area contributed by atoms with E-state index in [9.17, 15) is 4.79 Å². The molecule has 0 aliphatic heterocycles. The first-order chi connectivity index (χ1) is 7.86. The molecular formula is C9H16N4O2S2. The van der Waals surface area contributed by atoms with Gasteiger partial charge in [0, 0.05) is 19.8 Å². The maximum absolute atomic E-state index is 11.4. The smallest absolute Gasteiger partial charge is 0.326 e. The normalized spacial score (nSPS) is 14.2. The number of aromatic nitrogens is 2. The highest BCUT2D eigenvalue weighted by atomic mass is 32.2. The van der Waals surface area contributed by atoms with Crippen LogP contribution in [0.4, 0.5) is 5.13 Å². The minimum Gasteiger partial charge on any atom is -0.468 e. The quantitative estimate of drug-likeness (QED) is 0.622. The molecule has 0 aliphatic rings. The molecule has 0 spiro atoms. The number of thioether (sulfide) groups is 1. The molecule has 8 heteroatoms. The summed E-state index contributed by atoms with van der Waals surface area (Å²) in [5.74, 6) is -0.0239. The first-order valence-electron chi connectivity index (χ1n) is 4.88. The van der Waals surface area contributed by atoms with Gasteiger partial charge in [-0.05, 0) is 6.92 Å². The van der Waals surface area contributed by atoms with E-state index in [2.05, 4.69) is 14.9 Å². The van der Waals surface area contributed by atoms with Gasteiger partial charge in [-0.2, -0.15) is 0 Å². The molecule has 0 aromatic carbocycles. The molecule has 1 aromatic heterocycles. The van der Waals surface area contributed by atoms with Crippen molar-refractivity contribution in [1.82, 2.24) is 10.2 Å². The summed E-state index contributed by atoms with van der Waals surface area (Å²) in [7, 11) is 5.13. The largest absolute Gasteiger partial charge is 0.468 e. The fraction of sp³-hybridized carbons (Fsp3) is 0.667. The third-order valence-electron chi connectivity index (χ3n) is 1.93. The van der Waals surface area contributed by atoms with Crippen molar-refractivity contribution in [1.29, 1.82) is 0 Å². The van der Waals surface area contributed by atoms with E-state index in [1.165, 1.54) is 30.2 Å². The van der Waals surface area contributed by atoms with Crippen molar-refractivity contribution in [3.63, 3.8) is 0 Å². The Kier molecular flexibility index (Phi) is 4.72. The topological polar surface area (TPSA) is 81.3 Å². The van der Waals surface area contributed by atoms with E-state index in [0.717, 1.165) is 9.47 Å². The van der Waals surface area contributed by atoms with E-state index in [1.54, 1.807) is 6.92 Å². The molecule has 6 nitrogen and oxygen atoms in total. The Morgan fingerprint density at radius 3 is 2.71 bits per heavy atom. The Labute approximate surface area is 109 Å². The Bertz CT molecular complexity index is 392. The predicted molar refractivity (Wildman–Crippen MR) is 69.6 cm³/mol. The first-order valence-corrected chi connectivity index (χ1v) is 6.68. The van der Waals surface area contributed by atoms with Crippen LogP contribution in [0.2, 0.25) is 0 Å². The summed E-state index contributed by atoms with van der Waals surface area (Å²) in [5.41, 5.74) is 4.83. The van der Waals surface area contributed by atoms with Crippen LogP contribution in [0, 0.1) is 0 Å². The number of ether oxygens (including phenoxy) is 1. The molecule has 1 heterocycles. The van der Waals surface area contributed by atoms with Gasteiger partial charge >= 0.3 is 5.97 Å². The minimum absolute atomic E-state index is 0.404. The molecule has 0 bridgehead atoms. The molecule has 1 aromatic rings. The van der Waals surface area contributed by atoms with Crippen molar-refractivity contribution in [2.75, 3.05) is 31.9 Å². The Morgan fingerprint density at radius 2 is 2.24 bits per heavy atom. The Morgan fingerprint density at radius 1 is 1.59 bits per heavy atom. The van der Waals surface area contributed by atoms with E-state index >= 15 is 0 Å². The number of hydrogen-bond acceptors (Lipinski definition) is 8. The molecule has 1 unspecified atom stereocenters. The van der Waals surface area contributed by atoms with E-state index in [1.807, 2.05) is 19.0 Å². The molecule has 2 N–H and O–H groups in total. The summed E-state index contributed by atoms with van der Waals surface area (Å²) in [6, 6.07) is 0. The Balaban J connectivity index is 2.58. The highest BCUT2D eigenvalue weighted by Gasteiger charge is 2.30. The summed E-state index contributed by atoms with van der Waals surface area (Å²) in [4.78, 5) is 13.2. The van der Waals surface area contributed by atoms with Crippen molar-refractivity contribution >= 4 is 34.2 Å². The Hall–Kier alpha value is -0.860. The lowest BCUT2D eigenvalue weighted by Gasteiger charge is -2.19. The number of rotatable bonds is 5. The summed E-state index contributed by atoms with van der Waals surface area (Å²) in [5, 5.41) is 8.83. The fourth-order valence-corrected chi connectivity index (χ4v) is 2.72. The van der Waals surface area contributed by atoms with E-state index < -0.39 is 11.5 Å². The second kappa shape index (κ2) is 5.65. The van der Waals surface area contributed by atoms with Crippen molar-refractivity contribution in [3.8, 4) is 0 Å². The lowest BCUT2D eigenvalue weighted by Crippen LogP contribution is -2.48. The number of carbonyl (C=O) groups is 1. The van der Waals surface area contributed by atoms with Crippen molar-refractivity contribution in [2.45, 2.75) is 16.8 Å². The lowest BCUT2D eigenvalue weighted by atomic mass is 10.1. The van der Waals surface area contributed by atoms with Crippen molar-refractivity contribution in [3.05, 3.63) is 0 Å². The van der Waals surface area contributed by atoms with Crippen LogP contribution in [0.3, 0.4) is 0 Å². The number of anilines is 1. The molecule has 0 aliphatic carbocycles. The maximum atomic E-state index is 11.4. The highest BCUT2D eigenvalue weighted by Crippen LogP contribution is 2.28. The monoisotopic (exact) mass is 276 g/mol. The van der Waals surface area contributed by atoms with Gasteiger partial charge in [0.15, 0.2) is 4.34 Å². The van der Waals surface area contributed by atoms with Gasteiger partial charge < -0.3 is 15.4 Å². The summed E-state index contributed by atoms with van der Waals surface area (Å²) >= 11 is 2.86. The van der Waals surface area contributed by atoms with Crippen molar-refractivity contribution < 1.29 is 9.53 Å². The molecule has 1 rings (SSSR count). The lowest BCUT2D eigenvalue weighted by molar-refractivity contribution is -0.145. The van der Waals surface area contributed by atoms with Crippen LogP contribution < -0.4 is 10.6 Å². The first kappa shape index (κ1) is 14.2. The van der Waals surface area contributed by atoms with Crippen LogP contribution in [0.1, 0.15) is 6.92 Å². The highest BCUT2D eigenvalue weighted by molar-refractivity contribution is 8.01. The second-order valence-electron chi connectivity index (χ2n) is 3.94. The van der Waals surface area contributed by atoms with Crippen molar-refractivity contribution in [2.24, 2.45) is 5.73 Å². The average Bonchev–Trinajstić information content (AvgIpc) is 2.74. The third kappa shape index (κ3) is 3.83. The second-order valence-corrected chi connectivity index (χ2v) is 6.12. The standard InChI is InChI=1S/C9H16N4O2S2/c1-9(10,6(14)15-4)5-16-8-12-11-7(17-8)13(2)3/h5,10H2,1-4H3. The maximum Gasteiger partial charge on any atom is 0.326 e. The molecule has 0 saturated heterocycles.